The molecule has 1 unspecified atom stereocenters. The van der Waals surface area contributed by atoms with E-state index in [4.69, 9.17) is 18.6 Å². The van der Waals surface area contributed by atoms with Gasteiger partial charge in [0.1, 0.15) is 11.9 Å². The van der Waals surface area contributed by atoms with Gasteiger partial charge in [0, 0.05) is 44.1 Å². The number of hydrogen-bond donors (Lipinski definition) is 3. The van der Waals surface area contributed by atoms with Gasteiger partial charge in [-0.25, -0.2) is 14.6 Å². The number of nitrogens with zero attached hydrogens (tertiary/aromatic N) is 1. The van der Waals surface area contributed by atoms with Gasteiger partial charge in [0.05, 0.1) is 18.9 Å². The monoisotopic (exact) mass is 468 g/mol. The van der Waals surface area contributed by atoms with Crippen LogP contribution in [0.2, 0.25) is 0 Å². The van der Waals surface area contributed by atoms with Crippen LogP contribution in [0.15, 0.2) is 59.5 Å². The number of ether oxygens (including phenoxy) is 3. The Morgan fingerprint density at radius 3 is 2.59 bits per heavy atom. The first-order valence-corrected chi connectivity index (χ1v) is 10.7. The van der Waals surface area contributed by atoms with Gasteiger partial charge in [-0.2, -0.15) is 0 Å². The maximum absolute atomic E-state index is 12.5. The van der Waals surface area contributed by atoms with Crippen LogP contribution in [0.3, 0.4) is 0 Å². The molecule has 3 aromatic rings. The van der Waals surface area contributed by atoms with E-state index in [1.807, 2.05) is 6.07 Å². The number of hydrogen-bond acceptors (Lipinski definition) is 7. The van der Waals surface area contributed by atoms with Gasteiger partial charge in [0.25, 0.3) is 0 Å². The fourth-order valence-electron chi connectivity index (χ4n) is 3.12. The minimum atomic E-state index is -0.512. The van der Waals surface area contributed by atoms with Crippen LogP contribution in [0.4, 0.5) is 21.0 Å². The second kappa shape index (κ2) is 12.3. The van der Waals surface area contributed by atoms with Crippen molar-refractivity contribution in [1.29, 1.82) is 0 Å². The van der Waals surface area contributed by atoms with Gasteiger partial charge in [0.2, 0.25) is 0 Å². The zero-order valence-electron chi connectivity index (χ0n) is 19.3. The topological polar surface area (TPSA) is 124 Å². The van der Waals surface area contributed by atoms with Crippen molar-refractivity contribution in [3.05, 3.63) is 60.6 Å². The molecule has 0 spiro atoms. The minimum absolute atomic E-state index is 0.250. The summed E-state index contributed by atoms with van der Waals surface area (Å²) in [6.45, 7) is 2.58. The Hall–Kier alpha value is -4.05. The molecule has 0 saturated carbocycles. The quantitative estimate of drug-likeness (QED) is 0.396. The molecule has 3 rings (SSSR count). The number of amides is 3. The average Bonchev–Trinajstić information content (AvgIpc) is 3.36. The lowest BCUT2D eigenvalue weighted by Crippen LogP contribution is -2.28. The second-order valence-electron chi connectivity index (χ2n) is 7.41. The van der Waals surface area contributed by atoms with Gasteiger partial charge >= 0.3 is 12.1 Å². The third-order valence-corrected chi connectivity index (χ3v) is 4.82. The first-order valence-electron chi connectivity index (χ1n) is 10.7. The molecule has 34 heavy (non-hydrogen) atoms. The molecular weight excluding hydrogens is 440 g/mol. The Morgan fingerprint density at radius 1 is 1.09 bits per heavy atom. The molecular formula is C24H28N4O6. The van der Waals surface area contributed by atoms with Crippen LogP contribution in [0.5, 0.6) is 5.75 Å². The molecule has 180 valence electrons. The molecule has 0 fully saturated rings. The molecule has 3 N–H and O–H groups in total. The molecule has 10 nitrogen and oxygen atoms in total. The van der Waals surface area contributed by atoms with E-state index in [1.54, 1.807) is 56.6 Å². The fourth-order valence-corrected chi connectivity index (χ4v) is 3.12. The van der Waals surface area contributed by atoms with E-state index in [1.165, 1.54) is 13.5 Å². The van der Waals surface area contributed by atoms with Crippen LogP contribution >= 0.6 is 0 Å². The van der Waals surface area contributed by atoms with E-state index in [2.05, 4.69) is 20.9 Å². The normalized spacial score (nSPS) is 11.4. The van der Waals surface area contributed by atoms with Crippen molar-refractivity contribution in [2.24, 2.45) is 0 Å². The average molecular weight is 469 g/mol. The third-order valence-electron chi connectivity index (χ3n) is 4.82. The number of carbonyl (C=O) groups excluding carboxylic acids is 2. The molecule has 10 heteroatoms. The van der Waals surface area contributed by atoms with Gasteiger partial charge in [-0.05, 0) is 36.8 Å². The summed E-state index contributed by atoms with van der Waals surface area (Å²) < 4.78 is 20.9. The number of aromatic nitrogens is 1. The van der Waals surface area contributed by atoms with Gasteiger partial charge in [-0.15, -0.1) is 0 Å². The van der Waals surface area contributed by atoms with Crippen LogP contribution < -0.4 is 20.7 Å². The predicted molar refractivity (Wildman–Crippen MR) is 127 cm³/mol. The maximum atomic E-state index is 12.5. The predicted octanol–water partition coefficient (Wildman–Crippen LogP) is 4.65. The smallest absolute Gasteiger partial charge is 0.407 e. The van der Waals surface area contributed by atoms with Crippen molar-refractivity contribution in [3.8, 4) is 17.1 Å². The number of methoxy groups -OCH3 is 2. The zero-order valence-corrected chi connectivity index (χ0v) is 19.3. The minimum Gasteiger partial charge on any atom is -0.496 e. The summed E-state index contributed by atoms with van der Waals surface area (Å²) in [5.41, 5.74) is 2.64. The summed E-state index contributed by atoms with van der Waals surface area (Å²) in [5.74, 6) is 1.10. The third kappa shape index (κ3) is 7.24. The van der Waals surface area contributed by atoms with Crippen LogP contribution in [0, 0.1) is 0 Å². The van der Waals surface area contributed by atoms with E-state index < -0.39 is 12.1 Å². The van der Waals surface area contributed by atoms with E-state index in [9.17, 15) is 9.59 Å². The van der Waals surface area contributed by atoms with Gasteiger partial charge < -0.3 is 34.6 Å². The summed E-state index contributed by atoms with van der Waals surface area (Å²) in [7, 11) is 3.13. The number of benzene rings is 2. The molecule has 1 heterocycles. The first kappa shape index (κ1) is 24.6. The summed E-state index contributed by atoms with van der Waals surface area (Å²) in [4.78, 5) is 28.3. The highest BCUT2D eigenvalue weighted by molar-refractivity contribution is 6.00. The molecule has 3 amide bonds. The summed E-state index contributed by atoms with van der Waals surface area (Å²) in [6, 6.07) is 11.9. The molecule has 0 radical (unpaired) electrons. The highest BCUT2D eigenvalue weighted by Crippen LogP contribution is 2.32. The van der Waals surface area contributed by atoms with Crippen LogP contribution in [-0.4, -0.2) is 44.0 Å². The van der Waals surface area contributed by atoms with Crippen molar-refractivity contribution in [2.45, 2.75) is 26.0 Å². The van der Waals surface area contributed by atoms with Crippen LogP contribution in [0.25, 0.3) is 11.3 Å². The number of nitrogens with one attached hydrogen (secondary N) is 3. The summed E-state index contributed by atoms with van der Waals surface area (Å²) in [6.07, 6.45) is 2.78. The Labute approximate surface area is 197 Å². The molecule has 1 atom stereocenters. The number of oxazole rings is 1. The SMILES string of the molecule is COCCC(C)OC(=O)NCc1cccc(NC(=O)Nc2ccc(-c3cnco3)c(OC)c2)c1. The highest BCUT2D eigenvalue weighted by atomic mass is 16.6. The van der Waals surface area contributed by atoms with Crippen LogP contribution in [-0.2, 0) is 16.0 Å². The van der Waals surface area contributed by atoms with Crippen molar-refractivity contribution < 1.29 is 28.2 Å². The van der Waals surface area contributed by atoms with Gasteiger partial charge in [-0.3, -0.25) is 0 Å². The molecule has 2 aromatic carbocycles. The van der Waals surface area contributed by atoms with Crippen molar-refractivity contribution in [2.75, 3.05) is 31.5 Å². The molecule has 0 saturated heterocycles. The van der Waals surface area contributed by atoms with E-state index in [0.717, 1.165) is 11.1 Å². The number of anilines is 2. The number of carbonyl (C=O) groups is 2. The standard InChI is InChI=1S/C24H28N4O6/c1-16(9-10-31-2)34-24(30)26-13-17-5-4-6-18(11-17)27-23(29)28-19-7-8-20(21(12-19)32-3)22-14-25-15-33-22/h4-8,11-12,14-16H,9-10,13H2,1-3H3,(H,26,30)(H2,27,28,29). The second-order valence-corrected chi connectivity index (χ2v) is 7.41. The lowest BCUT2D eigenvalue weighted by Gasteiger charge is -2.14. The number of alkyl carbamates (subject to hydrolysis) is 1. The number of urea groups is 1. The van der Waals surface area contributed by atoms with Gasteiger partial charge in [0.15, 0.2) is 12.2 Å². The summed E-state index contributed by atoms with van der Waals surface area (Å²) >= 11 is 0. The lowest BCUT2D eigenvalue weighted by molar-refractivity contribution is 0.0806. The first-order chi connectivity index (χ1) is 16.5. The lowest BCUT2D eigenvalue weighted by atomic mass is 10.1. The molecule has 0 aliphatic heterocycles. The van der Waals surface area contributed by atoms with Crippen molar-refractivity contribution >= 4 is 23.5 Å². The fraction of sp³-hybridized carbons (Fsp3) is 0.292. The van der Waals surface area contributed by atoms with E-state index in [-0.39, 0.29) is 12.6 Å². The number of rotatable bonds is 10. The highest BCUT2D eigenvalue weighted by Gasteiger charge is 2.12. The van der Waals surface area contributed by atoms with Crippen LogP contribution in [0.1, 0.15) is 18.9 Å². The Kier molecular flexibility index (Phi) is 8.87. The van der Waals surface area contributed by atoms with E-state index >= 15 is 0 Å². The molecule has 0 aliphatic rings. The van der Waals surface area contributed by atoms with Crippen molar-refractivity contribution in [1.82, 2.24) is 10.3 Å². The summed E-state index contributed by atoms with van der Waals surface area (Å²) in [5, 5.41) is 8.25. The van der Waals surface area contributed by atoms with Crippen molar-refractivity contribution in [3.63, 3.8) is 0 Å². The molecule has 0 bridgehead atoms. The largest absolute Gasteiger partial charge is 0.496 e. The van der Waals surface area contributed by atoms with Gasteiger partial charge in [-0.1, -0.05) is 12.1 Å². The maximum Gasteiger partial charge on any atom is 0.407 e. The molecule has 0 aliphatic carbocycles. The zero-order chi connectivity index (χ0) is 24.3. The Bertz CT molecular complexity index is 1090. The Balaban J connectivity index is 1.53. The molecule has 1 aromatic heterocycles. The Morgan fingerprint density at radius 2 is 1.88 bits per heavy atom. The van der Waals surface area contributed by atoms with E-state index in [0.29, 0.717) is 35.9 Å².